The first kappa shape index (κ1) is 20.1. The fourth-order valence-corrected chi connectivity index (χ4v) is 4.20. The second-order valence-electron chi connectivity index (χ2n) is 8.17. The van der Waals surface area contributed by atoms with Crippen LogP contribution in [0.15, 0.2) is 85.2 Å². The van der Waals surface area contributed by atoms with E-state index in [0.29, 0.717) is 5.56 Å². The Bertz CT molecular complexity index is 1250. The molecule has 0 bridgehead atoms. The lowest BCUT2D eigenvalue weighted by Gasteiger charge is -2.28. The molecule has 1 aliphatic heterocycles. The monoisotopic (exact) mass is 419 g/mol. The molecule has 32 heavy (non-hydrogen) atoms. The molecule has 0 amide bonds. The van der Waals surface area contributed by atoms with E-state index in [4.69, 9.17) is 0 Å². The van der Waals surface area contributed by atoms with Crippen molar-refractivity contribution in [1.29, 1.82) is 0 Å². The van der Waals surface area contributed by atoms with Gasteiger partial charge in [0.25, 0.3) is 0 Å². The number of aromatic nitrogens is 2. The number of benzene rings is 3. The summed E-state index contributed by atoms with van der Waals surface area (Å²) in [6, 6.07) is 22.4. The van der Waals surface area contributed by atoms with Crippen molar-refractivity contribution in [3.05, 3.63) is 96.3 Å². The lowest BCUT2D eigenvalue weighted by Crippen LogP contribution is -2.29. The largest absolute Gasteiger partial charge is 0.372 e. The van der Waals surface area contributed by atoms with Crippen molar-refractivity contribution in [3.8, 4) is 11.1 Å². The van der Waals surface area contributed by atoms with Crippen LogP contribution in [0.3, 0.4) is 0 Å². The number of hydrogen-bond donors (Lipinski definition) is 0. The van der Waals surface area contributed by atoms with Crippen molar-refractivity contribution in [3.63, 3.8) is 0 Å². The molecule has 1 fully saturated rings. The minimum atomic E-state index is -0.0174. The van der Waals surface area contributed by atoms with Crippen LogP contribution in [0, 0.1) is 0 Å². The molecule has 0 radical (unpaired) electrons. The Kier molecular flexibility index (Phi) is 5.75. The molecule has 5 rings (SSSR count). The molecule has 0 N–H and O–H groups in total. The average molecular weight is 420 g/mol. The number of carbonyl (C=O) groups excluding carboxylic acids is 1. The zero-order valence-electron chi connectivity index (χ0n) is 17.9. The molecule has 0 unspecified atom stereocenters. The van der Waals surface area contributed by atoms with Crippen LogP contribution in [-0.4, -0.2) is 28.8 Å². The minimum absolute atomic E-state index is 0.0174. The standard InChI is InChI=1S/C28H25N3O/c32-28(15-5-21-4-14-26-27(20-21)30-17-16-29-26)24-8-6-22(7-9-24)23-10-12-25(13-11-23)31-18-2-1-3-19-31/h4-17,20H,1-3,18-19H2/b15-5+. The summed E-state index contributed by atoms with van der Waals surface area (Å²) in [6.45, 7) is 2.30. The maximum atomic E-state index is 12.6. The first-order valence-corrected chi connectivity index (χ1v) is 11.1. The van der Waals surface area contributed by atoms with E-state index in [1.54, 1.807) is 18.5 Å². The fourth-order valence-electron chi connectivity index (χ4n) is 4.20. The van der Waals surface area contributed by atoms with E-state index in [1.165, 1.54) is 24.9 Å². The third-order valence-electron chi connectivity index (χ3n) is 6.01. The van der Waals surface area contributed by atoms with Gasteiger partial charge in [-0.25, -0.2) is 0 Å². The number of nitrogens with zero attached hydrogens (tertiary/aromatic N) is 3. The number of rotatable bonds is 5. The van der Waals surface area contributed by atoms with Gasteiger partial charge in [0.2, 0.25) is 0 Å². The highest BCUT2D eigenvalue weighted by Gasteiger charge is 2.11. The van der Waals surface area contributed by atoms with Crippen LogP contribution in [0.4, 0.5) is 5.69 Å². The summed E-state index contributed by atoms with van der Waals surface area (Å²) < 4.78 is 0. The van der Waals surface area contributed by atoms with E-state index in [-0.39, 0.29) is 5.78 Å². The fraction of sp³-hybridized carbons (Fsp3) is 0.179. The number of allylic oxidation sites excluding steroid dienone is 1. The van der Waals surface area contributed by atoms with Crippen molar-refractivity contribution >= 4 is 28.6 Å². The molecule has 158 valence electrons. The van der Waals surface area contributed by atoms with Gasteiger partial charge in [-0.1, -0.05) is 48.5 Å². The van der Waals surface area contributed by atoms with Crippen molar-refractivity contribution in [1.82, 2.24) is 9.97 Å². The molecule has 2 heterocycles. The highest BCUT2D eigenvalue weighted by molar-refractivity contribution is 6.07. The van der Waals surface area contributed by atoms with Gasteiger partial charge in [-0.2, -0.15) is 0 Å². The summed E-state index contributed by atoms with van der Waals surface area (Å²) in [5.74, 6) is -0.0174. The molecule has 3 aromatic carbocycles. The Morgan fingerprint density at radius 3 is 2.12 bits per heavy atom. The summed E-state index contributed by atoms with van der Waals surface area (Å²) >= 11 is 0. The normalized spacial score (nSPS) is 14.2. The smallest absolute Gasteiger partial charge is 0.185 e. The molecule has 0 atom stereocenters. The van der Waals surface area contributed by atoms with Gasteiger partial charge in [0, 0.05) is 36.7 Å². The molecule has 0 aliphatic carbocycles. The number of anilines is 1. The van der Waals surface area contributed by atoms with Gasteiger partial charge < -0.3 is 4.90 Å². The molecule has 4 aromatic rings. The minimum Gasteiger partial charge on any atom is -0.372 e. The summed E-state index contributed by atoms with van der Waals surface area (Å²) in [5, 5.41) is 0. The molecular formula is C28H25N3O. The van der Waals surface area contributed by atoms with Crippen LogP contribution in [0.1, 0.15) is 35.2 Å². The summed E-state index contributed by atoms with van der Waals surface area (Å²) in [7, 11) is 0. The topological polar surface area (TPSA) is 46.1 Å². The number of fused-ring (bicyclic) bond motifs is 1. The summed E-state index contributed by atoms with van der Waals surface area (Å²) in [4.78, 5) is 23.7. The Hall–Kier alpha value is -3.79. The maximum absolute atomic E-state index is 12.6. The van der Waals surface area contributed by atoms with Crippen LogP contribution in [-0.2, 0) is 0 Å². The van der Waals surface area contributed by atoms with Crippen LogP contribution in [0.5, 0.6) is 0 Å². The molecule has 1 aromatic heterocycles. The van der Waals surface area contributed by atoms with Gasteiger partial charge in [-0.15, -0.1) is 0 Å². The van der Waals surface area contributed by atoms with Gasteiger partial charge in [0.1, 0.15) is 0 Å². The van der Waals surface area contributed by atoms with Crippen molar-refractivity contribution in [2.75, 3.05) is 18.0 Å². The number of carbonyl (C=O) groups is 1. The Morgan fingerprint density at radius 2 is 1.41 bits per heavy atom. The third-order valence-corrected chi connectivity index (χ3v) is 6.01. The number of ketones is 1. The quantitative estimate of drug-likeness (QED) is 0.286. The molecular weight excluding hydrogens is 394 g/mol. The Balaban J connectivity index is 1.27. The SMILES string of the molecule is O=C(/C=C/c1ccc2nccnc2c1)c1ccc(-c2ccc(N3CCCCC3)cc2)cc1. The van der Waals surface area contributed by atoms with E-state index in [1.807, 2.05) is 48.5 Å². The van der Waals surface area contributed by atoms with Crippen molar-refractivity contribution in [2.24, 2.45) is 0 Å². The van der Waals surface area contributed by atoms with Gasteiger partial charge in [-0.3, -0.25) is 14.8 Å². The zero-order valence-corrected chi connectivity index (χ0v) is 17.9. The zero-order chi connectivity index (χ0) is 21.8. The van der Waals surface area contributed by atoms with Crippen molar-refractivity contribution in [2.45, 2.75) is 19.3 Å². The molecule has 1 aliphatic rings. The van der Waals surface area contributed by atoms with Gasteiger partial charge in [-0.05, 0) is 66.3 Å². The maximum Gasteiger partial charge on any atom is 0.185 e. The molecule has 4 heteroatoms. The van der Waals surface area contributed by atoms with E-state index >= 15 is 0 Å². The van der Waals surface area contributed by atoms with E-state index in [0.717, 1.165) is 40.8 Å². The summed E-state index contributed by atoms with van der Waals surface area (Å²) in [6.07, 6.45) is 10.7. The Morgan fingerprint density at radius 1 is 0.750 bits per heavy atom. The first-order valence-electron chi connectivity index (χ1n) is 11.1. The summed E-state index contributed by atoms with van der Waals surface area (Å²) in [5.41, 5.74) is 6.84. The average Bonchev–Trinajstić information content (AvgIpc) is 2.88. The molecule has 0 saturated carbocycles. The van der Waals surface area contributed by atoms with Crippen LogP contribution >= 0.6 is 0 Å². The second-order valence-corrected chi connectivity index (χ2v) is 8.17. The van der Waals surface area contributed by atoms with Gasteiger partial charge >= 0.3 is 0 Å². The lowest BCUT2D eigenvalue weighted by atomic mass is 10.0. The first-order chi connectivity index (χ1) is 15.8. The molecule has 4 nitrogen and oxygen atoms in total. The van der Waals surface area contributed by atoms with E-state index in [2.05, 4.69) is 39.1 Å². The highest BCUT2D eigenvalue weighted by atomic mass is 16.1. The van der Waals surface area contributed by atoms with Crippen molar-refractivity contribution < 1.29 is 4.79 Å². The number of piperidine rings is 1. The van der Waals surface area contributed by atoms with Crippen LogP contribution in [0.25, 0.3) is 28.2 Å². The predicted octanol–water partition coefficient (Wildman–Crippen LogP) is 6.18. The highest BCUT2D eigenvalue weighted by Crippen LogP contribution is 2.25. The van der Waals surface area contributed by atoms with E-state index < -0.39 is 0 Å². The van der Waals surface area contributed by atoms with Gasteiger partial charge in [0.05, 0.1) is 11.0 Å². The third kappa shape index (κ3) is 4.45. The van der Waals surface area contributed by atoms with Crippen LogP contribution in [0.2, 0.25) is 0 Å². The number of hydrogen-bond acceptors (Lipinski definition) is 4. The van der Waals surface area contributed by atoms with Crippen LogP contribution < -0.4 is 4.90 Å². The molecule has 0 spiro atoms. The van der Waals surface area contributed by atoms with E-state index in [9.17, 15) is 4.79 Å². The lowest BCUT2D eigenvalue weighted by molar-refractivity contribution is 0.104. The van der Waals surface area contributed by atoms with Gasteiger partial charge in [0.15, 0.2) is 5.78 Å². The predicted molar refractivity (Wildman–Crippen MR) is 131 cm³/mol. The molecule has 1 saturated heterocycles. The second kappa shape index (κ2) is 9.15. The Labute approximate surface area is 188 Å².